The SMILES string of the molecule is O=C(CSc1nc2sc3c(c2c(=O)n1C1CCCC1)CCCC3)NCc1ccc(Cl)cc1. The first-order valence-electron chi connectivity index (χ1n) is 11.3. The smallest absolute Gasteiger partial charge is 0.263 e. The summed E-state index contributed by atoms with van der Waals surface area (Å²) < 4.78 is 1.91. The second-order valence-corrected chi connectivity index (χ2v) is 11.1. The zero-order valence-corrected chi connectivity index (χ0v) is 20.3. The number of nitrogens with zero attached hydrogens (tertiary/aromatic N) is 2. The Morgan fingerprint density at radius 3 is 2.69 bits per heavy atom. The Morgan fingerprint density at radius 2 is 1.91 bits per heavy atom. The number of hydrogen-bond donors (Lipinski definition) is 1. The molecule has 2 aliphatic carbocycles. The van der Waals surface area contributed by atoms with E-state index in [1.54, 1.807) is 11.3 Å². The molecule has 0 bridgehead atoms. The molecule has 0 aliphatic heterocycles. The van der Waals surface area contributed by atoms with Crippen LogP contribution in [0.5, 0.6) is 0 Å². The highest BCUT2D eigenvalue weighted by atomic mass is 35.5. The predicted octanol–water partition coefficient (Wildman–Crippen LogP) is 5.51. The number of thioether (sulfide) groups is 1. The lowest BCUT2D eigenvalue weighted by Gasteiger charge is -2.18. The third-order valence-corrected chi connectivity index (χ3v) is 8.80. The Hall–Kier alpha value is -1.83. The summed E-state index contributed by atoms with van der Waals surface area (Å²) in [4.78, 5) is 33.3. The molecule has 32 heavy (non-hydrogen) atoms. The monoisotopic (exact) mass is 487 g/mol. The number of benzene rings is 1. The van der Waals surface area contributed by atoms with Gasteiger partial charge in [-0.1, -0.05) is 48.3 Å². The van der Waals surface area contributed by atoms with Gasteiger partial charge < -0.3 is 5.32 Å². The number of nitrogens with one attached hydrogen (secondary N) is 1. The molecule has 0 atom stereocenters. The summed E-state index contributed by atoms with van der Waals surface area (Å²) >= 11 is 8.98. The maximum atomic E-state index is 13.7. The van der Waals surface area contributed by atoms with E-state index in [1.165, 1.54) is 28.6 Å². The molecule has 168 valence electrons. The fourth-order valence-electron chi connectivity index (χ4n) is 4.77. The van der Waals surface area contributed by atoms with E-state index in [2.05, 4.69) is 5.32 Å². The summed E-state index contributed by atoms with van der Waals surface area (Å²) in [5.41, 5.74) is 2.34. The van der Waals surface area contributed by atoms with Crippen molar-refractivity contribution in [1.82, 2.24) is 14.9 Å². The van der Waals surface area contributed by atoms with Crippen LogP contribution in [0.15, 0.2) is 34.2 Å². The van der Waals surface area contributed by atoms with E-state index in [4.69, 9.17) is 16.6 Å². The van der Waals surface area contributed by atoms with Crippen LogP contribution in [0.3, 0.4) is 0 Å². The van der Waals surface area contributed by atoms with Gasteiger partial charge in [0.25, 0.3) is 5.56 Å². The van der Waals surface area contributed by atoms with Gasteiger partial charge in [0.1, 0.15) is 4.83 Å². The Labute approximate surface area is 200 Å². The average Bonchev–Trinajstić information content (AvgIpc) is 3.45. The van der Waals surface area contributed by atoms with Gasteiger partial charge in [0, 0.05) is 22.5 Å². The molecule has 2 heterocycles. The van der Waals surface area contributed by atoms with E-state index in [9.17, 15) is 9.59 Å². The first-order valence-corrected chi connectivity index (χ1v) is 13.5. The highest BCUT2D eigenvalue weighted by Gasteiger charge is 2.27. The maximum Gasteiger partial charge on any atom is 0.263 e. The van der Waals surface area contributed by atoms with Crippen molar-refractivity contribution in [1.29, 1.82) is 0 Å². The molecule has 3 aromatic rings. The minimum Gasteiger partial charge on any atom is -0.351 e. The number of aromatic nitrogens is 2. The normalized spacial score (nSPS) is 16.4. The first-order chi connectivity index (χ1) is 15.6. The van der Waals surface area contributed by atoms with Crippen LogP contribution < -0.4 is 10.9 Å². The van der Waals surface area contributed by atoms with Gasteiger partial charge in [0.05, 0.1) is 11.1 Å². The van der Waals surface area contributed by atoms with E-state index in [-0.39, 0.29) is 23.3 Å². The van der Waals surface area contributed by atoms with E-state index in [0.717, 1.165) is 60.7 Å². The molecular weight excluding hydrogens is 462 g/mol. The Kier molecular flexibility index (Phi) is 6.58. The van der Waals surface area contributed by atoms with Gasteiger partial charge in [-0.15, -0.1) is 11.3 Å². The van der Waals surface area contributed by atoms with Crippen molar-refractivity contribution in [2.45, 2.75) is 69.1 Å². The number of carbonyl (C=O) groups excluding carboxylic acids is 1. The third kappa shape index (κ3) is 4.47. The summed E-state index contributed by atoms with van der Waals surface area (Å²) in [6.07, 6.45) is 8.67. The minimum atomic E-state index is -0.0669. The van der Waals surface area contributed by atoms with Crippen LogP contribution in [-0.2, 0) is 24.2 Å². The average molecular weight is 488 g/mol. The summed E-state index contributed by atoms with van der Waals surface area (Å²) in [6.45, 7) is 0.454. The zero-order chi connectivity index (χ0) is 22.1. The molecule has 1 fully saturated rings. The summed E-state index contributed by atoms with van der Waals surface area (Å²) in [6, 6.07) is 7.64. The number of carbonyl (C=O) groups is 1. The van der Waals surface area contributed by atoms with E-state index >= 15 is 0 Å². The van der Waals surface area contributed by atoms with Gasteiger partial charge >= 0.3 is 0 Å². The van der Waals surface area contributed by atoms with Crippen LogP contribution in [0.2, 0.25) is 5.02 Å². The lowest BCUT2D eigenvalue weighted by molar-refractivity contribution is -0.118. The van der Waals surface area contributed by atoms with Crippen LogP contribution in [0.4, 0.5) is 0 Å². The molecule has 1 saturated carbocycles. The molecular formula is C24H26ClN3O2S2. The van der Waals surface area contributed by atoms with E-state index < -0.39 is 0 Å². The Morgan fingerprint density at radius 1 is 1.16 bits per heavy atom. The zero-order valence-electron chi connectivity index (χ0n) is 17.9. The second-order valence-electron chi connectivity index (χ2n) is 8.59. The standard InChI is InChI=1S/C24H26ClN3O2S2/c25-16-11-9-15(10-12-16)13-26-20(29)14-31-24-27-22-21(18-7-3-4-8-19(18)32-22)23(30)28(24)17-5-1-2-6-17/h9-12,17H,1-8,13-14H2,(H,26,29). The quantitative estimate of drug-likeness (QED) is 0.367. The molecule has 5 nitrogen and oxygen atoms in total. The molecule has 0 spiro atoms. The number of aryl methyl sites for hydroxylation is 2. The minimum absolute atomic E-state index is 0.0669. The first kappa shape index (κ1) is 22.0. The molecule has 2 aromatic heterocycles. The molecule has 0 saturated heterocycles. The van der Waals surface area contributed by atoms with Crippen LogP contribution >= 0.6 is 34.7 Å². The molecule has 1 amide bonds. The maximum absolute atomic E-state index is 13.7. The van der Waals surface area contributed by atoms with Crippen LogP contribution in [0.25, 0.3) is 10.2 Å². The van der Waals surface area contributed by atoms with Crippen molar-refractivity contribution >= 4 is 50.8 Å². The molecule has 0 radical (unpaired) electrons. The number of fused-ring (bicyclic) bond motifs is 3. The second kappa shape index (κ2) is 9.57. The van der Waals surface area contributed by atoms with Gasteiger partial charge in [-0.2, -0.15) is 0 Å². The number of hydrogen-bond acceptors (Lipinski definition) is 5. The molecule has 5 rings (SSSR count). The topological polar surface area (TPSA) is 64.0 Å². The Bertz CT molecular complexity index is 1200. The summed E-state index contributed by atoms with van der Waals surface area (Å²) in [5, 5.41) is 5.16. The van der Waals surface area contributed by atoms with Crippen molar-refractivity contribution in [2.24, 2.45) is 0 Å². The van der Waals surface area contributed by atoms with Gasteiger partial charge in [-0.25, -0.2) is 4.98 Å². The van der Waals surface area contributed by atoms with Crippen molar-refractivity contribution in [3.63, 3.8) is 0 Å². The number of amides is 1. The summed E-state index contributed by atoms with van der Waals surface area (Å²) in [5.74, 6) is 0.173. The lowest BCUT2D eigenvalue weighted by Crippen LogP contribution is -2.28. The number of thiophene rings is 1. The van der Waals surface area contributed by atoms with Gasteiger partial charge in [0.2, 0.25) is 5.91 Å². The predicted molar refractivity (Wildman–Crippen MR) is 132 cm³/mol. The molecule has 2 aliphatic rings. The number of rotatable bonds is 6. The van der Waals surface area contributed by atoms with Crippen molar-refractivity contribution < 1.29 is 4.79 Å². The highest BCUT2D eigenvalue weighted by Crippen LogP contribution is 2.37. The van der Waals surface area contributed by atoms with Crippen molar-refractivity contribution in [2.75, 3.05) is 5.75 Å². The fraction of sp³-hybridized carbons (Fsp3) is 0.458. The third-order valence-electron chi connectivity index (χ3n) is 6.41. The van der Waals surface area contributed by atoms with E-state index in [1.807, 2.05) is 28.8 Å². The van der Waals surface area contributed by atoms with Gasteiger partial charge in [-0.3, -0.25) is 14.2 Å². The van der Waals surface area contributed by atoms with Crippen molar-refractivity contribution in [3.05, 3.63) is 55.6 Å². The van der Waals surface area contributed by atoms with Crippen LogP contribution in [0.1, 0.15) is 60.6 Å². The molecule has 1 aromatic carbocycles. The number of halogens is 1. The molecule has 1 N–H and O–H groups in total. The van der Waals surface area contributed by atoms with Gasteiger partial charge in [0.15, 0.2) is 5.16 Å². The highest BCUT2D eigenvalue weighted by molar-refractivity contribution is 7.99. The Balaban J connectivity index is 1.38. The van der Waals surface area contributed by atoms with E-state index in [0.29, 0.717) is 16.7 Å². The van der Waals surface area contributed by atoms with Crippen LogP contribution in [0, 0.1) is 0 Å². The molecule has 8 heteroatoms. The fourth-order valence-corrected chi connectivity index (χ4v) is 7.09. The van der Waals surface area contributed by atoms with Crippen LogP contribution in [-0.4, -0.2) is 21.2 Å². The van der Waals surface area contributed by atoms with Crippen molar-refractivity contribution in [3.8, 4) is 0 Å². The molecule has 0 unspecified atom stereocenters. The lowest BCUT2D eigenvalue weighted by atomic mass is 9.97. The summed E-state index contributed by atoms with van der Waals surface area (Å²) in [7, 11) is 0. The largest absolute Gasteiger partial charge is 0.351 e. The van der Waals surface area contributed by atoms with Gasteiger partial charge in [-0.05, 0) is 61.8 Å².